The van der Waals surface area contributed by atoms with E-state index < -0.39 is 17.8 Å². The van der Waals surface area contributed by atoms with E-state index in [1.807, 2.05) is 0 Å². The summed E-state index contributed by atoms with van der Waals surface area (Å²) in [5.74, 6) is -0.515. The minimum atomic E-state index is -0.806. The molecule has 1 N–H and O–H groups in total. The summed E-state index contributed by atoms with van der Waals surface area (Å²) in [6, 6.07) is 8.78. The molecule has 0 fully saturated rings. The Morgan fingerprint density at radius 2 is 1.95 bits per heavy atom. The van der Waals surface area contributed by atoms with Crippen molar-refractivity contribution in [3.63, 3.8) is 0 Å². The molecule has 0 aliphatic rings. The number of rotatable bonds is 4. The Morgan fingerprint density at radius 3 is 2.59 bits per heavy atom. The van der Waals surface area contributed by atoms with Gasteiger partial charge in [-0.1, -0.05) is 39.1 Å². The van der Waals surface area contributed by atoms with E-state index >= 15 is 0 Å². The van der Waals surface area contributed by atoms with Gasteiger partial charge >= 0.3 is 0 Å². The molecule has 1 amide bonds. The number of hydrogen-bond donors (Lipinski definition) is 1. The SMILES string of the molecule is C[C@@H](Oc1ccc(Br)cc1Cl)C(=O)Nc1ccc(F)cc1Cl. The smallest absolute Gasteiger partial charge is 0.265 e. The van der Waals surface area contributed by atoms with E-state index in [1.54, 1.807) is 25.1 Å². The van der Waals surface area contributed by atoms with Crippen molar-refractivity contribution in [2.75, 3.05) is 5.32 Å². The lowest BCUT2D eigenvalue weighted by atomic mass is 10.3. The molecule has 0 radical (unpaired) electrons. The van der Waals surface area contributed by atoms with Crippen LogP contribution in [0.1, 0.15) is 6.92 Å². The molecule has 3 nitrogen and oxygen atoms in total. The summed E-state index contributed by atoms with van der Waals surface area (Å²) < 4.78 is 19.3. The van der Waals surface area contributed by atoms with E-state index in [9.17, 15) is 9.18 Å². The molecule has 0 saturated carbocycles. The van der Waals surface area contributed by atoms with Gasteiger partial charge in [0.2, 0.25) is 0 Å². The first-order valence-corrected chi connectivity index (χ1v) is 7.79. The van der Waals surface area contributed by atoms with Crippen molar-refractivity contribution in [1.82, 2.24) is 0 Å². The van der Waals surface area contributed by atoms with Crippen molar-refractivity contribution in [3.05, 3.63) is 56.7 Å². The summed E-state index contributed by atoms with van der Waals surface area (Å²) in [7, 11) is 0. The zero-order chi connectivity index (χ0) is 16.3. The van der Waals surface area contributed by atoms with Crippen LogP contribution in [-0.2, 0) is 4.79 Å². The van der Waals surface area contributed by atoms with Crippen LogP contribution in [0.2, 0.25) is 10.0 Å². The van der Waals surface area contributed by atoms with E-state index in [1.165, 1.54) is 12.1 Å². The Morgan fingerprint density at radius 1 is 1.23 bits per heavy atom. The molecular formula is C15H11BrCl2FNO2. The van der Waals surface area contributed by atoms with Crippen molar-refractivity contribution in [2.24, 2.45) is 0 Å². The van der Waals surface area contributed by atoms with Gasteiger partial charge in [0.15, 0.2) is 6.10 Å². The molecule has 1 atom stereocenters. The largest absolute Gasteiger partial charge is 0.479 e. The Labute approximate surface area is 145 Å². The van der Waals surface area contributed by atoms with Gasteiger partial charge in [0.25, 0.3) is 5.91 Å². The molecule has 7 heteroatoms. The van der Waals surface area contributed by atoms with Crippen LogP contribution in [0.25, 0.3) is 0 Å². The van der Waals surface area contributed by atoms with Crippen LogP contribution in [0.5, 0.6) is 5.75 Å². The first-order valence-electron chi connectivity index (χ1n) is 6.24. The molecular weight excluding hydrogens is 396 g/mol. The second kappa shape index (κ2) is 7.31. The van der Waals surface area contributed by atoms with Gasteiger partial charge in [-0.05, 0) is 43.3 Å². The second-order valence-corrected chi connectivity index (χ2v) is 6.18. The maximum atomic E-state index is 13.0. The molecule has 2 aromatic rings. The number of amides is 1. The van der Waals surface area contributed by atoms with Gasteiger partial charge in [-0.15, -0.1) is 0 Å². The highest BCUT2D eigenvalue weighted by molar-refractivity contribution is 9.10. The third-order valence-electron chi connectivity index (χ3n) is 2.76. The van der Waals surface area contributed by atoms with E-state index in [-0.39, 0.29) is 5.02 Å². The van der Waals surface area contributed by atoms with E-state index in [0.717, 1.165) is 10.5 Å². The Bertz CT molecular complexity index is 712. The lowest BCUT2D eigenvalue weighted by Crippen LogP contribution is -2.30. The standard InChI is InChI=1S/C15H11BrCl2FNO2/c1-8(22-14-5-2-9(16)6-12(14)18)15(21)20-13-4-3-10(19)7-11(13)17/h2-8H,1H3,(H,20,21)/t8-/m1/s1. The Kier molecular flexibility index (Phi) is 5.67. The fourth-order valence-corrected chi connectivity index (χ4v) is 2.57. The van der Waals surface area contributed by atoms with Gasteiger partial charge in [0.1, 0.15) is 11.6 Å². The van der Waals surface area contributed by atoms with Crippen molar-refractivity contribution >= 4 is 50.7 Å². The second-order valence-electron chi connectivity index (χ2n) is 4.45. The van der Waals surface area contributed by atoms with E-state index in [4.69, 9.17) is 27.9 Å². The topological polar surface area (TPSA) is 38.3 Å². The summed E-state index contributed by atoms with van der Waals surface area (Å²) in [6.07, 6.45) is -0.806. The van der Waals surface area contributed by atoms with Crippen LogP contribution >= 0.6 is 39.1 Å². The normalized spacial score (nSPS) is 11.9. The van der Waals surface area contributed by atoms with Gasteiger partial charge in [-0.25, -0.2) is 4.39 Å². The molecule has 2 aromatic carbocycles. The highest BCUT2D eigenvalue weighted by Gasteiger charge is 2.17. The van der Waals surface area contributed by atoms with Crippen LogP contribution in [0.4, 0.5) is 10.1 Å². The molecule has 0 heterocycles. The Hall–Kier alpha value is -1.30. The van der Waals surface area contributed by atoms with Crippen LogP contribution in [-0.4, -0.2) is 12.0 Å². The Balaban J connectivity index is 2.05. The summed E-state index contributed by atoms with van der Waals surface area (Å²) in [6.45, 7) is 1.57. The number of carbonyl (C=O) groups is 1. The van der Waals surface area contributed by atoms with Crippen LogP contribution < -0.4 is 10.1 Å². The van der Waals surface area contributed by atoms with E-state index in [0.29, 0.717) is 16.5 Å². The number of anilines is 1. The molecule has 0 bridgehead atoms. The van der Waals surface area contributed by atoms with Crippen molar-refractivity contribution in [3.8, 4) is 5.75 Å². The molecule has 0 spiro atoms. The minimum Gasteiger partial charge on any atom is -0.479 e. The molecule has 0 saturated heterocycles. The first-order chi connectivity index (χ1) is 10.4. The highest BCUT2D eigenvalue weighted by atomic mass is 79.9. The number of halogens is 4. The number of benzene rings is 2. The maximum Gasteiger partial charge on any atom is 0.265 e. The monoisotopic (exact) mass is 405 g/mol. The molecule has 22 heavy (non-hydrogen) atoms. The van der Waals surface area contributed by atoms with E-state index in [2.05, 4.69) is 21.2 Å². The minimum absolute atomic E-state index is 0.113. The summed E-state index contributed by atoms with van der Waals surface area (Å²) in [4.78, 5) is 12.1. The fraction of sp³-hybridized carbons (Fsp3) is 0.133. The van der Waals surface area contributed by atoms with Crippen LogP contribution in [0.3, 0.4) is 0 Å². The fourth-order valence-electron chi connectivity index (χ4n) is 1.64. The third kappa shape index (κ3) is 4.35. The quantitative estimate of drug-likeness (QED) is 0.747. The molecule has 0 unspecified atom stereocenters. The molecule has 0 aliphatic carbocycles. The molecule has 116 valence electrons. The average Bonchev–Trinajstić information content (AvgIpc) is 2.44. The lowest BCUT2D eigenvalue weighted by Gasteiger charge is -2.16. The summed E-state index contributed by atoms with van der Waals surface area (Å²) >= 11 is 15.2. The number of nitrogens with one attached hydrogen (secondary N) is 1. The van der Waals surface area contributed by atoms with Gasteiger partial charge in [0, 0.05) is 4.47 Å². The third-order valence-corrected chi connectivity index (χ3v) is 3.86. The predicted molar refractivity (Wildman–Crippen MR) is 89.3 cm³/mol. The first kappa shape index (κ1) is 17.1. The van der Waals surface area contributed by atoms with Crippen molar-refractivity contribution in [2.45, 2.75) is 13.0 Å². The number of carbonyl (C=O) groups excluding carboxylic acids is 1. The van der Waals surface area contributed by atoms with Gasteiger partial charge in [0.05, 0.1) is 15.7 Å². The zero-order valence-corrected chi connectivity index (χ0v) is 14.5. The number of hydrogen-bond acceptors (Lipinski definition) is 2. The number of ether oxygens (including phenoxy) is 1. The predicted octanol–water partition coefficient (Wildman–Crippen LogP) is 5.30. The van der Waals surface area contributed by atoms with Crippen LogP contribution in [0.15, 0.2) is 40.9 Å². The van der Waals surface area contributed by atoms with Gasteiger partial charge in [-0.3, -0.25) is 4.79 Å². The van der Waals surface area contributed by atoms with Gasteiger partial charge < -0.3 is 10.1 Å². The molecule has 0 aliphatic heterocycles. The van der Waals surface area contributed by atoms with Crippen molar-refractivity contribution in [1.29, 1.82) is 0 Å². The van der Waals surface area contributed by atoms with Crippen molar-refractivity contribution < 1.29 is 13.9 Å². The zero-order valence-electron chi connectivity index (χ0n) is 11.4. The lowest BCUT2D eigenvalue weighted by molar-refractivity contribution is -0.122. The molecule has 0 aromatic heterocycles. The molecule has 2 rings (SSSR count). The van der Waals surface area contributed by atoms with Gasteiger partial charge in [-0.2, -0.15) is 0 Å². The maximum absolute atomic E-state index is 13.0. The van der Waals surface area contributed by atoms with Crippen LogP contribution in [0, 0.1) is 5.82 Å². The highest BCUT2D eigenvalue weighted by Crippen LogP contribution is 2.29. The summed E-state index contributed by atoms with van der Waals surface area (Å²) in [5, 5.41) is 3.07. The summed E-state index contributed by atoms with van der Waals surface area (Å²) in [5.41, 5.74) is 0.311. The average molecular weight is 407 g/mol.